The quantitative estimate of drug-likeness (QED) is 0.543. The van der Waals surface area contributed by atoms with Crippen molar-refractivity contribution in [2.24, 2.45) is 0 Å². The molecule has 80 valence electrons. The fourth-order valence-electron chi connectivity index (χ4n) is 1.49. The molecule has 0 rings (SSSR count). The largest absolute Gasteiger partial charge is 0.396 e. The van der Waals surface area contributed by atoms with Crippen LogP contribution >= 0.6 is 0 Å². The Kier molecular flexibility index (Phi) is 9.94. The second-order valence-corrected chi connectivity index (χ2v) is 3.66. The zero-order chi connectivity index (χ0) is 9.94. The van der Waals surface area contributed by atoms with E-state index in [-0.39, 0.29) is 0 Å². The molecule has 0 fully saturated rings. The van der Waals surface area contributed by atoms with E-state index in [1.54, 1.807) is 0 Å². The third kappa shape index (κ3) is 8.26. The summed E-state index contributed by atoms with van der Waals surface area (Å²) in [5.41, 5.74) is 0. The van der Waals surface area contributed by atoms with E-state index in [2.05, 4.69) is 19.2 Å². The minimum absolute atomic E-state index is 0.313. The van der Waals surface area contributed by atoms with Crippen molar-refractivity contribution in [3.05, 3.63) is 0 Å². The topological polar surface area (TPSA) is 32.3 Å². The Balaban J connectivity index is 3.41. The number of hydrogen-bond acceptors (Lipinski definition) is 2. The monoisotopic (exact) mass is 187 g/mol. The van der Waals surface area contributed by atoms with Crippen LogP contribution in [0.1, 0.15) is 52.4 Å². The first-order valence-corrected chi connectivity index (χ1v) is 5.69. The van der Waals surface area contributed by atoms with Crippen LogP contribution in [0.2, 0.25) is 0 Å². The van der Waals surface area contributed by atoms with Gasteiger partial charge in [0.05, 0.1) is 0 Å². The van der Waals surface area contributed by atoms with E-state index in [0.29, 0.717) is 12.6 Å². The lowest BCUT2D eigenvalue weighted by Crippen LogP contribution is -2.30. The zero-order valence-electron chi connectivity index (χ0n) is 9.18. The van der Waals surface area contributed by atoms with Crippen LogP contribution in [0, 0.1) is 0 Å². The first-order chi connectivity index (χ1) is 6.35. The summed E-state index contributed by atoms with van der Waals surface area (Å²) in [7, 11) is 0. The summed E-state index contributed by atoms with van der Waals surface area (Å²) in [5.74, 6) is 0. The molecule has 0 aromatic carbocycles. The van der Waals surface area contributed by atoms with Crippen molar-refractivity contribution >= 4 is 0 Å². The van der Waals surface area contributed by atoms with Crippen LogP contribution in [0.15, 0.2) is 0 Å². The Morgan fingerprint density at radius 3 is 2.38 bits per heavy atom. The number of unbranched alkanes of at least 4 members (excludes halogenated alkanes) is 2. The van der Waals surface area contributed by atoms with Crippen molar-refractivity contribution in [2.45, 2.75) is 58.4 Å². The van der Waals surface area contributed by atoms with Gasteiger partial charge in [-0.15, -0.1) is 0 Å². The van der Waals surface area contributed by atoms with E-state index in [1.807, 2.05) is 0 Å². The molecule has 13 heavy (non-hydrogen) atoms. The standard InChI is InChI=1S/C11H25NO/c1-3-5-6-7-11(8-10-13)12-9-4-2/h11-13H,3-10H2,1-2H3. The molecule has 2 nitrogen and oxygen atoms in total. The third-order valence-corrected chi connectivity index (χ3v) is 2.32. The Morgan fingerprint density at radius 2 is 1.85 bits per heavy atom. The van der Waals surface area contributed by atoms with Gasteiger partial charge in [-0.1, -0.05) is 33.1 Å². The first-order valence-electron chi connectivity index (χ1n) is 5.69. The highest BCUT2D eigenvalue weighted by atomic mass is 16.3. The van der Waals surface area contributed by atoms with E-state index >= 15 is 0 Å². The average Bonchev–Trinajstić information content (AvgIpc) is 2.14. The zero-order valence-corrected chi connectivity index (χ0v) is 9.18. The normalized spacial score (nSPS) is 13.2. The highest BCUT2D eigenvalue weighted by molar-refractivity contribution is 4.65. The molecule has 1 unspecified atom stereocenters. The molecule has 0 saturated heterocycles. The lowest BCUT2D eigenvalue weighted by atomic mass is 10.1. The molecule has 2 heteroatoms. The number of aliphatic hydroxyl groups is 1. The van der Waals surface area contributed by atoms with Gasteiger partial charge in [0.15, 0.2) is 0 Å². The molecule has 0 aromatic heterocycles. The smallest absolute Gasteiger partial charge is 0.0445 e. The fourth-order valence-corrected chi connectivity index (χ4v) is 1.49. The molecule has 0 amide bonds. The predicted molar refractivity (Wildman–Crippen MR) is 57.9 cm³/mol. The summed E-state index contributed by atoms with van der Waals surface area (Å²) in [6, 6.07) is 0.538. The fraction of sp³-hybridized carbons (Fsp3) is 1.00. The third-order valence-electron chi connectivity index (χ3n) is 2.32. The van der Waals surface area contributed by atoms with Crippen LogP contribution in [0.4, 0.5) is 0 Å². The van der Waals surface area contributed by atoms with Crippen molar-refractivity contribution in [3.63, 3.8) is 0 Å². The maximum Gasteiger partial charge on any atom is 0.0445 e. The van der Waals surface area contributed by atoms with Crippen molar-refractivity contribution < 1.29 is 5.11 Å². The molecule has 0 spiro atoms. The summed E-state index contributed by atoms with van der Waals surface area (Å²) >= 11 is 0. The van der Waals surface area contributed by atoms with Gasteiger partial charge < -0.3 is 10.4 Å². The molecule has 0 radical (unpaired) electrons. The van der Waals surface area contributed by atoms with E-state index in [0.717, 1.165) is 13.0 Å². The van der Waals surface area contributed by atoms with Gasteiger partial charge in [-0.05, 0) is 25.8 Å². The summed E-state index contributed by atoms with van der Waals surface area (Å²) in [4.78, 5) is 0. The second-order valence-electron chi connectivity index (χ2n) is 3.66. The minimum Gasteiger partial charge on any atom is -0.396 e. The highest BCUT2D eigenvalue weighted by Crippen LogP contribution is 2.06. The van der Waals surface area contributed by atoms with Gasteiger partial charge in [-0.2, -0.15) is 0 Å². The van der Waals surface area contributed by atoms with Crippen LogP contribution in [-0.2, 0) is 0 Å². The van der Waals surface area contributed by atoms with Crippen molar-refractivity contribution in [1.29, 1.82) is 0 Å². The van der Waals surface area contributed by atoms with E-state index in [9.17, 15) is 0 Å². The van der Waals surface area contributed by atoms with Crippen molar-refractivity contribution in [1.82, 2.24) is 5.32 Å². The van der Waals surface area contributed by atoms with Crippen molar-refractivity contribution in [2.75, 3.05) is 13.2 Å². The number of aliphatic hydroxyl groups excluding tert-OH is 1. The maximum atomic E-state index is 8.85. The second kappa shape index (κ2) is 10.0. The van der Waals surface area contributed by atoms with E-state index in [4.69, 9.17) is 5.11 Å². The SMILES string of the molecule is CCCCCC(CCO)NCCC. The average molecular weight is 187 g/mol. The summed E-state index contributed by atoms with van der Waals surface area (Å²) in [6.45, 7) is 5.79. The molecule has 2 N–H and O–H groups in total. The van der Waals surface area contributed by atoms with Gasteiger partial charge in [-0.3, -0.25) is 0 Å². The summed E-state index contributed by atoms with van der Waals surface area (Å²) < 4.78 is 0. The van der Waals surface area contributed by atoms with Crippen molar-refractivity contribution in [3.8, 4) is 0 Å². The highest BCUT2D eigenvalue weighted by Gasteiger charge is 2.05. The molecule has 0 aliphatic heterocycles. The molecule has 0 aliphatic rings. The van der Waals surface area contributed by atoms with Gasteiger partial charge in [0.25, 0.3) is 0 Å². The van der Waals surface area contributed by atoms with Crippen LogP contribution in [-0.4, -0.2) is 24.3 Å². The molecular weight excluding hydrogens is 162 g/mol. The number of hydrogen-bond donors (Lipinski definition) is 2. The van der Waals surface area contributed by atoms with Gasteiger partial charge >= 0.3 is 0 Å². The molecule has 0 bridgehead atoms. The van der Waals surface area contributed by atoms with Crippen LogP contribution < -0.4 is 5.32 Å². The molecule has 0 saturated carbocycles. The minimum atomic E-state index is 0.313. The lowest BCUT2D eigenvalue weighted by molar-refractivity contribution is 0.259. The summed E-state index contributed by atoms with van der Waals surface area (Å²) in [6.07, 6.45) is 7.18. The summed E-state index contributed by atoms with van der Waals surface area (Å²) in [5, 5.41) is 12.3. The van der Waals surface area contributed by atoms with Gasteiger partial charge in [0.1, 0.15) is 0 Å². The van der Waals surface area contributed by atoms with Gasteiger partial charge in [0, 0.05) is 12.6 Å². The van der Waals surface area contributed by atoms with Gasteiger partial charge in [0.2, 0.25) is 0 Å². The Bertz CT molecular complexity index is 96.1. The Hall–Kier alpha value is -0.0800. The van der Waals surface area contributed by atoms with E-state index in [1.165, 1.54) is 32.1 Å². The number of nitrogens with one attached hydrogen (secondary N) is 1. The van der Waals surface area contributed by atoms with E-state index < -0.39 is 0 Å². The lowest BCUT2D eigenvalue weighted by Gasteiger charge is -2.16. The molecule has 0 heterocycles. The van der Waals surface area contributed by atoms with Crippen LogP contribution in [0.3, 0.4) is 0 Å². The first kappa shape index (κ1) is 12.9. The predicted octanol–water partition coefficient (Wildman–Crippen LogP) is 2.32. The molecule has 0 aromatic rings. The number of rotatable bonds is 9. The maximum absolute atomic E-state index is 8.85. The Morgan fingerprint density at radius 1 is 1.08 bits per heavy atom. The Labute approximate surface area is 82.7 Å². The molecule has 0 aliphatic carbocycles. The molecule has 1 atom stereocenters. The molecular formula is C11H25NO. The van der Waals surface area contributed by atoms with Crippen LogP contribution in [0.25, 0.3) is 0 Å². The van der Waals surface area contributed by atoms with Gasteiger partial charge in [-0.25, -0.2) is 0 Å². The van der Waals surface area contributed by atoms with Crippen LogP contribution in [0.5, 0.6) is 0 Å².